The molecule has 0 amide bonds. The highest BCUT2D eigenvalue weighted by Crippen LogP contribution is 2.35. The minimum atomic E-state index is -0.434. The standard InChI is InChI=1S/C14H11ClN4O2S2/c15-10-2-4-11(5-3-10)23-13-6-1-9(7-12(13)19(20)21)8-17-18-14(16)22/h1-8H,(H3,16,18,22). The Balaban J connectivity index is 2.25. The Bertz CT molecular complexity index is 766. The van der Waals surface area contributed by atoms with Crippen LogP contribution in [0, 0.1) is 10.1 Å². The lowest BCUT2D eigenvalue weighted by molar-refractivity contribution is -0.387. The van der Waals surface area contributed by atoms with Crippen LogP contribution in [0.2, 0.25) is 5.02 Å². The minimum absolute atomic E-state index is 0.00998. The number of benzene rings is 2. The van der Waals surface area contributed by atoms with Crippen molar-refractivity contribution >= 4 is 52.6 Å². The van der Waals surface area contributed by atoms with Gasteiger partial charge >= 0.3 is 0 Å². The number of nitrogens with zero attached hydrogens (tertiary/aromatic N) is 2. The van der Waals surface area contributed by atoms with Gasteiger partial charge in [-0.1, -0.05) is 29.4 Å². The van der Waals surface area contributed by atoms with E-state index < -0.39 is 4.92 Å². The molecule has 0 fully saturated rings. The maximum Gasteiger partial charge on any atom is 0.283 e. The third-order valence-corrected chi connectivity index (χ3v) is 4.03. The molecule has 2 rings (SSSR count). The number of nitrogens with two attached hydrogens (primary N) is 1. The molecular formula is C14H11ClN4O2S2. The van der Waals surface area contributed by atoms with Gasteiger partial charge in [0.05, 0.1) is 16.0 Å². The van der Waals surface area contributed by atoms with Crippen LogP contribution in [-0.4, -0.2) is 16.3 Å². The second-order valence-electron chi connectivity index (χ2n) is 4.27. The predicted molar refractivity (Wildman–Crippen MR) is 96.2 cm³/mol. The van der Waals surface area contributed by atoms with Gasteiger partial charge in [0.15, 0.2) is 5.11 Å². The van der Waals surface area contributed by atoms with Crippen molar-refractivity contribution < 1.29 is 4.92 Å². The van der Waals surface area contributed by atoms with Crippen molar-refractivity contribution in [2.75, 3.05) is 0 Å². The van der Waals surface area contributed by atoms with Crippen molar-refractivity contribution in [3.63, 3.8) is 0 Å². The quantitative estimate of drug-likeness (QED) is 0.363. The normalized spacial score (nSPS) is 10.7. The summed E-state index contributed by atoms with van der Waals surface area (Å²) in [6.07, 6.45) is 1.41. The summed E-state index contributed by atoms with van der Waals surface area (Å²) in [7, 11) is 0. The monoisotopic (exact) mass is 366 g/mol. The summed E-state index contributed by atoms with van der Waals surface area (Å²) in [4.78, 5) is 12.2. The third-order valence-electron chi connectivity index (χ3n) is 2.61. The molecule has 0 radical (unpaired) electrons. The van der Waals surface area contributed by atoms with Crippen LogP contribution in [0.5, 0.6) is 0 Å². The molecular weight excluding hydrogens is 356 g/mol. The molecule has 9 heteroatoms. The van der Waals surface area contributed by atoms with Gasteiger partial charge in [0.25, 0.3) is 5.69 Å². The van der Waals surface area contributed by atoms with Gasteiger partial charge < -0.3 is 5.73 Å². The fourth-order valence-electron chi connectivity index (χ4n) is 1.64. The van der Waals surface area contributed by atoms with E-state index in [4.69, 9.17) is 17.3 Å². The molecule has 0 saturated heterocycles. The Morgan fingerprint density at radius 1 is 1.35 bits per heavy atom. The van der Waals surface area contributed by atoms with E-state index >= 15 is 0 Å². The van der Waals surface area contributed by atoms with Gasteiger partial charge in [-0.25, -0.2) is 0 Å². The van der Waals surface area contributed by atoms with Gasteiger partial charge in [0.1, 0.15) is 0 Å². The van der Waals surface area contributed by atoms with Crippen LogP contribution >= 0.6 is 35.6 Å². The number of thiocarbonyl (C=S) groups is 1. The zero-order valence-electron chi connectivity index (χ0n) is 11.6. The van der Waals surface area contributed by atoms with Gasteiger partial charge in [0, 0.05) is 21.5 Å². The van der Waals surface area contributed by atoms with Crippen LogP contribution in [0.15, 0.2) is 57.4 Å². The lowest BCUT2D eigenvalue weighted by Gasteiger charge is -2.04. The number of rotatable bonds is 5. The Morgan fingerprint density at radius 3 is 2.65 bits per heavy atom. The molecule has 0 heterocycles. The first kappa shape index (κ1) is 17.2. The predicted octanol–water partition coefficient (Wildman–Crippen LogP) is 3.57. The molecule has 0 bridgehead atoms. The highest BCUT2D eigenvalue weighted by Gasteiger charge is 2.15. The van der Waals surface area contributed by atoms with Crippen LogP contribution in [0.4, 0.5) is 5.69 Å². The van der Waals surface area contributed by atoms with E-state index in [-0.39, 0.29) is 10.8 Å². The SMILES string of the molecule is NC(=S)NN=Cc1ccc(Sc2ccc(Cl)cc2)c([N+](=O)[O-])c1. The Hall–Kier alpha value is -2.16. The van der Waals surface area contributed by atoms with Crippen molar-refractivity contribution in [2.24, 2.45) is 10.8 Å². The second kappa shape index (κ2) is 7.91. The van der Waals surface area contributed by atoms with Crippen LogP contribution in [0.1, 0.15) is 5.56 Å². The molecule has 2 aromatic rings. The molecule has 0 aliphatic rings. The Kier molecular flexibility index (Phi) is 5.91. The van der Waals surface area contributed by atoms with E-state index in [2.05, 4.69) is 22.7 Å². The molecule has 0 atom stereocenters. The highest BCUT2D eigenvalue weighted by atomic mass is 35.5. The fraction of sp³-hybridized carbons (Fsp3) is 0. The van der Waals surface area contributed by atoms with Gasteiger partial charge in [0.2, 0.25) is 0 Å². The fourth-order valence-corrected chi connectivity index (χ4v) is 2.72. The molecule has 0 aliphatic heterocycles. The molecule has 0 aliphatic carbocycles. The van der Waals surface area contributed by atoms with E-state index in [0.717, 1.165) is 4.90 Å². The minimum Gasteiger partial charge on any atom is -0.375 e. The number of hydrogen-bond donors (Lipinski definition) is 2. The van der Waals surface area contributed by atoms with Crippen molar-refractivity contribution in [1.29, 1.82) is 0 Å². The number of hydrazone groups is 1. The average molecular weight is 367 g/mol. The number of nitro benzene ring substituents is 1. The largest absolute Gasteiger partial charge is 0.375 e. The van der Waals surface area contributed by atoms with E-state index in [1.807, 2.05) is 0 Å². The number of halogens is 1. The molecule has 0 aromatic heterocycles. The van der Waals surface area contributed by atoms with Crippen molar-refractivity contribution in [1.82, 2.24) is 5.43 Å². The molecule has 0 saturated carbocycles. The molecule has 0 spiro atoms. The smallest absolute Gasteiger partial charge is 0.283 e. The Morgan fingerprint density at radius 2 is 2.04 bits per heavy atom. The van der Waals surface area contributed by atoms with Crippen molar-refractivity contribution in [2.45, 2.75) is 9.79 Å². The molecule has 0 unspecified atom stereocenters. The van der Waals surface area contributed by atoms with Gasteiger partial charge in [-0.2, -0.15) is 5.10 Å². The summed E-state index contributed by atoms with van der Waals surface area (Å²) in [6.45, 7) is 0. The lowest BCUT2D eigenvalue weighted by atomic mass is 10.2. The summed E-state index contributed by atoms with van der Waals surface area (Å²) in [6, 6.07) is 11.9. The van der Waals surface area contributed by atoms with Crippen molar-refractivity contribution in [3.05, 3.63) is 63.2 Å². The van der Waals surface area contributed by atoms with Crippen LogP contribution < -0.4 is 11.2 Å². The van der Waals surface area contributed by atoms with E-state index in [1.54, 1.807) is 36.4 Å². The first-order valence-electron chi connectivity index (χ1n) is 6.26. The zero-order valence-corrected chi connectivity index (χ0v) is 14.0. The molecule has 2 aromatic carbocycles. The van der Waals surface area contributed by atoms with Gasteiger partial charge in [-0.05, 0) is 42.5 Å². The summed E-state index contributed by atoms with van der Waals surface area (Å²) in [5, 5.41) is 15.7. The molecule has 6 nitrogen and oxygen atoms in total. The summed E-state index contributed by atoms with van der Waals surface area (Å²) < 4.78 is 0. The average Bonchev–Trinajstić information content (AvgIpc) is 2.50. The maximum atomic E-state index is 11.3. The van der Waals surface area contributed by atoms with Crippen LogP contribution in [-0.2, 0) is 0 Å². The third kappa shape index (κ3) is 5.20. The number of nitro groups is 1. The van der Waals surface area contributed by atoms with E-state index in [0.29, 0.717) is 15.5 Å². The Labute approximate surface area is 146 Å². The molecule has 3 N–H and O–H groups in total. The molecule has 23 heavy (non-hydrogen) atoms. The first-order valence-corrected chi connectivity index (χ1v) is 7.86. The lowest BCUT2D eigenvalue weighted by Crippen LogP contribution is -2.23. The van der Waals surface area contributed by atoms with Gasteiger partial charge in [-0.15, -0.1) is 0 Å². The molecule has 118 valence electrons. The maximum absolute atomic E-state index is 11.3. The summed E-state index contributed by atoms with van der Waals surface area (Å²) >= 11 is 11.7. The summed E-state index contributed by atoms with van der Waals surface area (Å²) in [5.74, 6) is 0. The van der Waals surface area contributed by atoms with Crippen molar-refractivity contribution in [3.8, 4) is 0 Å². The first-order chi connectivity index (χ1) is 11.0. The summed E-state index contributed by atoms with van der Waals surface area (Å²) in [5.41, 5.74) is 8.18. The second-order valence-corrected chi connectivity index (χ2v) is 6.27. The van der Waals surface area contributed by atoms with Crippen LogP contribution in [0.3, 0.4) is 0 Å². The number of nitrogens with one attached hydrogen (secondary N) is 1. The topological polar surface area (TPSA) is 93.5 Å². The van der Waals surface area contributed by atoms with Gasteiger partial charge in [-0.3, -0.25) is 15.5 Å². The highest BCUT2D eigenvalue weighted by molar-refractivity contribution is 7.99. The van der Waals surface area contributed by atoms with Crippen LogP contribution in [0.25, 0.3) is 0 Å². The number of hydrogen-bond acceptors (Lipinski definition) is 5. The van der Waals surface area contributed by atoms with E-state index in [1.165, 1.54) is 24.0 Å². The zero-order chi connectivity index (χ0) is 16.8. The van der Waals surface area contributed by atoms with E-state index in [9.17, 15) is 10.1 Å².